The van der Waals surface area contributed by atoms with E-state index in [1.165, 1.54) is 0 Å². The Morgan fingerprint density at radius 1 is 1.54 bits per heavy atom. The lowest BCUT2D eigenvalue weighted by Crippen LogP contribution is -2.37. The van der Waals surface area contributed by atoms with Gasteiger partial charge in [0.2, 0.25) is 10.0 Å². The summed E-state index contributed by atoms with van der Waals surface area (Å²) >= 11 is 0. The van der Waals surface area contributed by atoms with Crippen LogP contribution >= 0.6 is 0 Å². The van der Waals surface area contributed by atoms with E-state index in [4.69, 9.17) is 10.9 Å². The fraction of sp³-hybridized carbons (Fsp3) is 1.00. The second kappa shape index (κ2) is 3.55. The largest absolute Gasteiger partial charge is 0.330 e. The maximum Gasteiger partial charge on any atom is 0.209 e. The van der Waals surface area contributed by atoms with Crippen LogP contribution in [0.15, 0.2) is 0 Å². The minimum Gasteiger partial charge on any atom is -0.330 e. The van der Waals surface area contributed by atoms with Crippen LogP contribution in [0.1, 0.15) is 26.2 Å². The SMILES string of the molecule is C[C@H]1CC[C@](CN)(CS(N)(=O)=O)C1. The Labute approximate surface area is 79.7 Å². The van der Waals surface area contributed by atoms with Crippen LogP contribution < -0.4 is 10.9 Å². The van der Waals surface area contributed by atoms with Gasteiger partial charge in [0, 0.05) is 0 Å². The van der Waals surface area contributed by atoms with E-state index in [-0.39, 0.29) is 11.2 Å². The van der Waals surface area contributed by atoms with Gasteiger partial charge in [0.1, 0.15) is 0 Å². The number of primary sulfonamides is 1. The smallest absolute Gasteiger partial charge is 0.209 e. The lowest BCUT2D eigenvalue weighted by molar-refractivity contribution is 0.338. The summed E-state index contributed by atoms with van der Waals surface area (Å²) in [6.07, 6.45) is 2.84. The highest BCUT2D eigenvalue weighted by Crippen LogP contribution is 2.41. The molecular formula is C8H18N2O2S. The molecule has 0 amide bonds. The minimum atomic E-state index is -3.38. The van der Waals surface area contributed by atoms with Crippen molar-refractivity contribution in [2.45, 2.75) is 26.2 Å². The molecule has 0 spiro atoms. The molecule has 4 N–H and O–H groups in total. The van der Waals surface area contributed by atoms with Gasteiger partial charge in [-0.1, -0.05) is 13.3 Å². The fourth-order valence-electron chi connectivity index (χ4n) is 2.30. The summed E-state index contributed by atoms with van der Waals surface area (Å²) in [5.74, 6) is 0.617. The van der Waals surface area contributed by atoms with E-state index in [0.29, 0.717) is 12.5 Å². The Bertz CT molecular complexity index is 276. The molecule has 2 atom stereocenters. The van der Waals surface area contributed by atoms with Gasteiger partial charge in [-0.2, -0.15) is 0 Å². The second-order valence-electron chi connectivity index (χ2n) is 4.36. The molecule has 1 aliphatic carbocycles. The highest BCUT2D eigenvalue weighted by Gasteiger charge is 2.39. The van der Waals surface area contributed by atoms with Crippen molar-refractivity contribution in [2.24, 2.45) is 22.2 Å². The maximum absolute atomic E-state index is 11.0. The fourth-order valence-corrected chi connectivity index (χ4v) is 3.53. The van der Waals surface area contributed by atoms with Crippen LogP contribution in [-0.2, 0) is 10.0 Å². The zero-order valence-electron chi connectivity index (χ0n) is 7.99. The summed E-state index contributed by atoms with van der Waals surface area (Å²) in [5.41, 5.74) is 5.38. The Kier molecular flexibility index (Phi) is 2.99. The van der Waals surface area contributed by atoms with Gasteiger partial charge in [0.15, 0.2) is 0 Å². The van der Waals surface area contributed by atoms with Gasteiger partial charge in [-0.05, 0) is 30.7 Å². The first-order valence-electron chi connectivity index (χ1n) is 4.57. The van der Waals surface area contributed by atoms with Crippen molar-refractivity contribution >= 4 is 10.0 Å². The molecule has 0 bridgehead atoms. The Balaban J connectivity index is 2.72. The quantitative estimate of drug-likeness (QED) is 0.683. The lowest BCUT2D eigenvalue weighted by atomic mass is 9.88. The van der Waals surface area contributed by atoms with Crippen LogP contribution in [0.4, 0.5) is 0 Å². The first-order valence-corrected chi connectivity index (χ1v) is 6.29. The average molecular weight is 206 g/mol. The van der Waals surface area contributed by atoms with Gasteiger partial charge in [-0.3, -0.25) is 0 Å². The molecule has 5 heteroatoms. The molecule has 0 saturated heterocycles. The number of nitrogens with two attached hydrogens (primary N) is 2. The third-order valence-electron chi connectivity index (χ3n) is 2.89. The third kappa shape index (κ3) is 2.93. The van der Waals surface area contributed by atoms with Crippen molar-refractivity contribution in [2.75, 3.05) is 12.3 Å². The Morgan fingerprint density at radius 3 is 2.46 bits per heavy atom. The third-order valence-corrected chi connectivity index (χ3v) is 3.90. The molecule has 0 unspecified atom stereocenters. The highest BCUT2D eigenvalue weighted by atomic mass is 32.2. The monoisotopic (exact) mass is 206 g/mol. The van der Waals surface area contributed by atoms with Crippen molar-refractivity contribution in [3.63, 3.8) is 0 Å². The highest BCUT2D eigenvalue weighted by molar-refractivity contribution is 7.89. The van der Waals surface area contributed by atoms with Crippen LogP contribution in [0.2, 0.25) is 0 Å². The van der Waals surface area contributed by atoms with Crippen molar-refractivity contribution in [1.29, 1.82) is 0 Å². The molecule has 78 valence electrons. The Morgan fingerprint density at radius 2 is 2.15 bits per heavy atom. The molecule has 0 aromatic carbocycles. The zero-order chi connectivity index (χ0) is 10.1. The van der Waals surface area contributed by atoms with E-state index in [1.807, 2.05) is 0 Å². The normalized spacial score (nSPS) is 35.2. The molecule has 1 saturated carbocycles. The van der Waals surface area contributed by atoms with Gasteiger partial charge in [-0.15, -0.1) is 0 Å². The van der Waals surface area contributed by atoms with Crippen molar-refractivity contribution < 1.29 is 8.42 Å². The van der Waals surface area contributed by atoms with Gasteiger partial charge in [0.05, 0.1) is 5.75 Å². The number of hydrogen-bond acceptors (Lipinski definition) is 3. The summed E-state index contributed by atoms with van der Waals surface area (Å²) < 4.78 is 22.0. The molecule has 1 fully saturated rings. The number of hydrogen-bond donors (Lipinski definition) is 2. The van der Waals surface area contributed by atoms with Crippen LogP contribution in [0, 0.1) is 11.3 Å². The molecule has 1 rings (SSSR count). The average Bonchev–Trinajstić information content (AvgIpc) is 2.29. The maximum atomic E-state index is 11.0. The first-order chi connectivity index (χ1) is 5.87. The molecule has 0 heterocycles. The summed E-state index contributed by atoms with van der Waals surface area (Å²) in [5, 5.41) is 5.04. The molecule has 4 nitrogen and oxygen atoms in total. The summed E-state index contributed by atoms with van der Waals surface area (Å²) in [6, 6.07) is 0. The van der Waals surface area contributed by atoms with Crippen molar-refractivity contribution in [1.82, 2.24) is 0 Å². The first kappa shape index (κ1) is 10.9. The predicted molar refractivity (Wildman–Crippen MR) is 52.5 cm³/mol. The van der Waals surface area contributed by atoms with Crippen molar-refractivity contribution in [3.8, 4) is 0 Å². The molecule has 1 aliphatic rings. The van der Waals surface area contributed by atoms with Crippen LogP contribution in [0.25, 0.3) is 0 Å². The Hall–Kier alpha value is -0.130. The van der Waals surface area contributed by atoms with Crippen LogP contribution in [0.5, 0.6) is 0 Å². The zero-order valence-corrected chi connectivity index (χ0v) is 8.81. The van der Waals surface area contributed by atoms with Gasteiger partial charge >= 0.3 is 0 Å². The van der Waals surface area contributed by atoms with E-state index in [9.17, 15) is 8.42 Å². The summed E-state index contributed by atoms with van der Waals surface area (Å²) in [6.45, 7) is 2.55. The van der Waals surface area contributed by atoms with E-state index < -0.39 is 10.0 Å². The van der Waals surface area contributed by atoms with Gasteiger partial charge in [-0.25, -0.2) is 13.6 Å². The molecular weight excluding hydrogens is 188 g/mol. The molecule has 0 aromatic rings. The molecule has 0 aromatic heterocycles. The van der Waals surface area contributed by atoms with E-state index >= 15 is 0 Å². The van der Waals surface area contributed by atoms with Crippen molar-refractivity contribution in [3.05, 3.63) is 0 Å². The standard InChI is InChI=1S/C8H18N2O2S/c1-7-2-3-8(4-7,5-9)6-13(10,11)12/h7H,2-6,9H2,1H3,(H2,10,11,12)/t7-,8-/m0/s1. The van der Waals surface area contributed by atoms with Crippen LogP contribution in [0.3, 0.4) is 0 Å². The van der Waals surface area contributed by atoms with Gasteiger partial charge in [0.25, 0.3) is 0 Å². The predicted octanol–water partition coefficient (Wildman–Crippen LogP) is 0.0400. The summed E-state index contributed by atoms with van der Waals surface area (Å²) in [7, 11) is -3.38. The number of sulfonamides is 1. The van der Waals surface area contributed by atoms with Gasteiger partial charge < -0.3 is 5.73 Å². The summed E-state index contributed by atoms with van der Waals surface area (Å²) in [4.78, 5) is 0. The lowest BCUT2D eigenvalue weighted by Gasteiger charge is -2.25. The minimum absolute atomic E-state index is 0.0425. The molecule has 13 heavy (non-hydrogen) atoms. The molecule has 0 aliphatic heterocycles. The number of rotatable bonds is 3. The van der Waals surface area contributed by atoms with E-state index in [2.05, 4.69) is 6.92 Å². The second-order valence-corrected chi connectivity index (χ2v) is 5.97. The van der Waals surface area contributed by atoms with E-state index in [0.717, 1.165) is 19.3 Å². The van der Waals surface area contributed by atoms with E-state index in [1.54, 1.807) is 0 Å². The molecule has 0 radical (unpaired) electrons. The van der Waals surface area contributed by atoms with Crippen LogP contribution in [-0.4, -0.2) is 20.7 Å². The topological polar surface area (TPSA) is 86.2 Å².